The second-order valence-corrected chi connectivity index (χ2v) is 5.09. The maximum Gasteiger partial charge on any atom is 0.0663 e. The summed E-state index contributed by atoms with van der Waals surface area (Å²) in [6.07, 6.45) is 1.85. The number of ether oxygens (including phenoxy) is 1. The van der Waals surface area contributed by atoms with E-state index in [4.69, 9.17) is 10.5 Å². The number of methoxy groups -OCH3 is 1. The van der Waals surface area contributed by atoms with Crippen LogP contribution in [0.15, 0.2) is 24.3 Å². The second kappa shape index (κ2) is 5.46. The Hall–Kier alpha value is -0.860. The van der Waals surface area contributed by atoms with Crippen molar-refractivity contribution in [2.24, 2.45) is 5.73 Å². The summed E-state index contributed by atoms with van der Waals surface area (Å²) in [6, 6.07) is 8.67. The Morgan fingerprint density at radius 1 is 1.25 bits per heavy atom. The lowest BCUT2D eigenvalue weighted by Gasteiger charge is -2.24. The average Bonchev–Trinajstić information content (AvgIpc) is 2.20. The molecule has 0 saturated carbocycles. The van der Waals surface area contributed by atoms with Gasteiger partial charge in [0.1, 0.15) is 0 Å². The molecular formula is C14H23NO. The van der Waals surface area contributed by atoms with Crippen molar-refractivity contribution in [1.29, 1.82) is 0 Å². The van der Waals surface area contributed by atoms with Crippen LogP contribution in [0.2, 0.25) is 0 Å². The highest BCUT2D eigenvalue weighted by Gasteiger charge is 2.18. The number of hydrogen-bond donors (Lipinski definition) is 1. The van der Waals surface area contributed by atoms with Crippen molar-refractivity contribution in [2.75, 3.05) is 7.11 Å². The van der Waals surface area contributed by atoms with Crippen LogP contribution in [0, 0.1) is 0 Å². The van der Waals surface area contributed by atoms with Crippen LogP contribution < -0.4 is 5.73 Å². The molecule has 1 aromatic carbocycles. The van der Waals surface area contributed by atoms with Gasteiger partial charge in [-0.1, -0.05) is 24.3 Å². The Morgan fingerprint density at radius 3 is 2.31 bits per heavy atom. The van der Waals surface area contributed by atoms with Gasteiger partial charge in [0, 0.05) is 19.6 Å². The molecule has 1 unspecified atom stereocenters. The Kier molecular flexibility index (Phi) is 4.51. The van der Waals surface area contributed by atoms with Crippen LogP contribution in [-0.2, 0) is 17.6 Å². The van der Waals surface area contributed by atoms with Crippen molar-refractivity contribution in [3.05, 3.63) is 35.4 Å². The normalized spacial score (nSPS) is 13.8. The smallest absolute Gasteiger partial charge is 0.0663 e. The standard InChI is InChI=1S/C14H23NO/c1-11(15)9-12-7-5-6-8-13(12)10-14(2,3)16-4/h5-8,11H,9-10,15H2,1-4H3. The predicted molar refractivity (Wildman–Crippen MR) is 68.6 cm³/mol. The molecule has 0 aromatic heterocycles. The topological polar surface area (TPSA) is 35.2 Å². The van der Waals surface area contributed by atoms with Gasteiger partial charge in [-0.05, 0) is 38.3 Å². The summed E-state index contributed by atoms with van der Waals surface area (Å²) in [5, 5.41) is 0. The van der Waals surface area contributed by atoms with Gasteiger partial charge >= 0.3 is 0 Å². The fourth-order valence-corrected chi connectivity index (χ4v) is 1.81. The lowest BCUT2D eigenvalue weighted by molar-refractivity contribution is 0.0230. The summed E-state index contributed by atoms with van der Waals surface area (Å²) in [7, 11) is 1.76. The Morgan fingerprint density at radius 2 is 1.81 bits per heavy atom. The fraction of sp³-hybridized carbons (Fsp3) is 0.571. The van der Waals surface area contributed by atoms with E-state index in [2.05, 4.69) is 38.1 Å². The Bertz CT molecular complexity index is 331. The van der Waals surface area contributed by atoms with Crippen LogP contribution in [0.25, 0.3) is 0 Å². The molecule has 0 bridgehead atoms. The fourth-order valence-electron chi connectivity index (χ4n) is 1.81. The average molecular weight is 221 g/mol. The van der Waals surface area contributed by atoms with Crippen LogP contribution >= 0.6 is 0 Å². The van der Waals surface area contributed by atoms with Gasteiger partial charge in [-0.2, -0.15) is 0 Å². The molecule has 0 amide bonds. The predicted octanol–water partition coefficient (Wildman–Crippen LogP) is 2.54. The number of rotatable bonds is 5. The first kappa shape index (κ1) is 13.2. The third-order valence-corrected chi connectivity index (χ3v) is 2.83. The second-order valence-electron chi connectivity index (χ2n) is 5.09. The van der Waals surface area contributed by atoms with Crippen LogP contribution in [-0.4, -0.2) is 18.8 Å². The van der Waals surface area contributed by atoms with E-state index in [0.717, 1.165) is 12.8 Å². The highest BCUT2D eigenvalue weighted by Crippen LogP contribution is 2.20. The van der Waals surface area contributed by atoms with Gasteiger partial charge in [-0.3, -0.25) is 0 Å². The van der Waals surface area contributed by atoms with Crippen molar-refractivity contribution in [3.63, 3.8) is 0 Å². The molecule has 0 spiro atoms. The van der Waals surface area contributed by atoms with E-state index in [1.165, 1.54) is 11.1 Å². The van der Waals surface area contributed by atoms with Crippen molar-refractivity contribution in [1.82, 2.24) is 0 Å². The molecule has 0 aliphatic heterocycles. The molecule has 1 rings (SSSR count). The van der Waals surface area contributed by atoms with Gasteiger partial charge in [-0.15, -0.1) is 0 Å². The summed E-state index contributed by atoms with van der Waals surface area (Å²) in [4.78, 5) is 0. The quantitative estimate of drug-likeness (QED) is 0.829. The highest BCUT2D eigenvalue weighted by molar-refractivity contribution is 5.29. The van der Waals surface area contributed by atoms with Crippen LogP contribution in [0.3, 0.4) is 0 Å². The molecule has 2 nitrogen and oxygen atoms in total. The Labute approximate surface area is 98.8 Å². The zero-order valence-electron chi connectivity index (χ0n) is 10.8. The molecule has 16 heavy (non-hydrogen) atoms. The zero-order chi connectivity index (χ0) is 12.2. The molecule has 0 heterocycles. The molecule has 2 N–H and O–H groups in total. The monoisotopic (exact) mass is 221 g/mol. The minimum absolute atomic E-state index is 0.117. The molecule has 90 valence electrons. The molecule has 0 radical (unpaired) electrons. The van der Waals surface area contributed by atoms with Crippen molar-refractivity contribution in [3.8, 4) is 0 Å². The first-order chi connectivity index (χ1) is 7.44. The summed E-state index contributed by atoms with van der Waals surface area (Å²) < 4.78 is 5.47. The number of nitrogens with two attached hydrogens (primary N) is 1. The molecular weight excluding hydrogens is 198 g/mol. The van der Waals surface area contributed by atoms with E-state index in [9.17, 15) is 0 Å². The van der Waals surface area contributed by atoms with E-state index in [1.807, 2.05) is 6.92 Å². The van der Waals surface area contributed by atoms with E-state index in [0.29, 0.717) is 0 Å². The van der Waals surface area contributed by atoms with Gasteiger partial charge in [0.15, 0.2) is 0 Å². The van der Waals surface area contributed by atoms with Gasteiger partial charge < -0.3 is 10.5 Å². The Balaban J connectivity index is 2.86. The molecule has 2 heteroatoms. The minimum atomic E-state index is -0.117. The molecule has 1 atom stereocenters. The van der Waals surface area contributed by atoms with E-state index in [1.54, 1.807) is 7.11 Å². The van der Waals surface area contributed by atoms with Crippen molar-refractivity contribution >= 4 is 0 Å². The van der Waals surface area contributed by atoms with E-state index < -0.39 is 0 Å². The SMILES string of the molecule is COC(C)(C)Cc1ccccc1CC(C)N. The van der Waals surface area contributed by atoms with Crippen molar-refractivity contribution < 1.29 is 4.74 Å². The van der Waals surface area contributed by atoms with Crippen LogP contribution in [0.4, 0.5) is 0 Å². The lowest BCUT2D eigenvalue weighted by atomic mass is 9.92. The zero-order valence-corrected chi connectivity index (χ0v) is 10.8. The van der Waals surface area contributed by atoms with Crippen molar-refractivity contribution in [2.45, 2.75) is 45.3 Å². The van der Waals surface area contributed by atoms with Gasteiger partial charge in [-0.25, -0.2) is 0 Å². The third-order valence-electron chi connectivity index (χ3n) is 2.83. The van der Waals surface area contributed by atoms with Gasteiger partial charge in [0.2, 0.25) is 0 Å². The molecule has 0 aliphatic carbocycles. The number of hydrogen-bond acceptors (Lipinski definition) is 2. The largest absolute Gasteiger partial charge is 0.378 e. The third kappa shape index (κ3) is 3.95. The summed E-state index contributed by atoms with van der Waals surface area (Å²) in [5.74, 6) is 0. The first-order valence-corrected chi connectivity index (χ1v) is 5.82. The van der Waals surface area contributed by atoms with Gasteiger partial charge in [0.25, 0.3) is 0 Å². The molecule has 0 aliphatic rings. The summed E-state index contributed by atoms with van der Waals surface area (Å²) in [6.45, 7) is 6.25. The summed E-state index contributed by atoms with van der Waals surface area (Å²) >= 11 is 0. The first-order valence-electron chi connectivity index (χ1n) is 5.82. The minimum Gasteiger partial charge on any atom is -0.378 e. The highest BCUT2D eigenvalue weighted by atomic mass is 16.5. The maximum absolute atomic E-state index is 5.86. The maximum atomic E-state index is 5.86. The molecule has 1 aromatic rings. The van der Waals surface area contributed by atoms with Crippen LogP contribution in [0.1, 0.15) is 31.9 Å². The lowest BCUT2D eigenvalue weighted by Crippen LogP contribution is -2.27. The van der Waals surface area contributed by atoms with Gasteiger partial charge in [0.05, 0.1) is 5.60 Å². The van der Waals surface area contributed by atoms with E-state index in [-0.39, 0.29) is 11.6 Å². The number of benzene rings is 1. The summed E-state index contributed by atoms with van der Waals surface area (Å²) in [5.41, 5.74) is 8.42. The molecule has 0 fully saturated rings. The molecule has 0 saturated heterocycles. The van der Waals surface area contributed by atoms with E-state index >= 15 is 0 Å². The van der Waals surface area contributed by atoms with Crippen LogP contribution in [0.5, 0.6) is 0 Å².